The average Bonchev–Trinajstić information content (AvgIpc) is 2.40. The van der Waals surface area contributed by atoms with Crippen molar-refractivity contribution >= 4 is 0 Å². The summed E-state index contributed by atoms with van der Waals surface area (Å²) in [6, 6.07) is 14.2. The molecule has 0 aliphatic heterocycles. The SMILES string of the molecule is CON(C)Cc1ccccc1-c1ccccn1. The molecule has 0 N–H and O–H groups in total. The lowest BCUT2D eigenvalue weighted by Gasteiger charge is -2.16. The van der Waals surface area contributed by atoms with Crippen LogP contribution in [0.15, 0.2) is 48.7 Å². The lowest BCUT2D eigenvalue weighted by atomic mass is 10.0. The Balaban J connectivity index is 2.34. The summed E-state index contributed by atoms with van der Waals surface area (Å²) in [6.07, 6.45) is 1.81. The molecule has 1 heterocycles. The maximum atomic E-state index is 5.16. The van der Waals surface area contributed by atoms with Gasteiger partial charge in [-0.15, -0.1) is 0 Å². The van der Waals surface area contributed by atoms with Crippen molar-refractivity contribution in [2.75, 3.05) is 14.2 Å². The first-order valence-corrected chi connectivity index (χ1v) is 5.56. The number of aromatic nitrogens is 1. The first kappa shape index (κ1) is 11.8. The van der Waals surface area contributed by atoms with Gasteiger partial charge in [-0.3, -0.25) is 4.98 Å². The maximum absolute atomic E-state index is 5.16. The summed E-state index contributed by atoms with van der Waals surface area (Å²) in [7, 11) is 3.58. The molecule has 0 radical (unpaired) electrons. The van der Waals surface area contributed by atoms with Crippen LogP contribution in [-0.4, -0.2) is 24.2 Å². The lowest BCUT2D eigenvalue weighted by Crippen LogP contribution is -2.16. The molecule has 3 heteroatoms. The van der Waals surface area contributed by atoms with Gasteiger partial charge in [0.2, 0.25) is 0 Å². The van der Waals surface area contributed by atoms with E-state index in [2.05, 4.69) is 17.1 Å². The van der Waals surface area contributed by atoms with Crippen molar-refractivity contribution in [3.8, 4) is 11.3 Å². The van der Waals surface area contributed by atoms with Gasteiger partial charge >= 0.3 is 0 Å². The molecule has 1 aromatic heterocycles. The van der Waals surface area contributed by atoms with Gasteiger partial charge in [-0.2, -0.15) is 5.06 Å². The third kappa shape index (κ3) is 2.90. The molecule has 0 aliphatic rings. The Bertz CT molecular complexity index is 471. The zero-order chi connectivity index (χ0) is 12.1. The zero-order valence-electron chi connectivity index (χ0n) is 10.1. The minimum atomic E-state index is 0.739. The van der Waals surface area contributed by atoms with Crippen molar-refractivity contribution in [3.05, 3.63) is 54.2 Å². The van der Waals surface area contributed by atoms with Crippen LogP contribution in [0.25, 0.3) is 11.3 Å². The Morgan fingerprint density at radius 3 is 2.59 bits per heavy atom. The van der Waals surface area contributed by atoms with Crippen LogP contribution in [0, 0.1) is 0 Å². The van der Waals surface area contributed by atoms with Crippen molar-refractivity contribution in [1.82, 2.24) is 10.0 Å². The number of nitrogens with zero attached hydrogens (tertiary/aromatic N) is 2. The molecular weight excluding hydrogens is 212 g/mol. The van der Waals surface area contributed by atoms with Crippen molar-refractivity contribution in [3.63, 3.8) is 0 Å². The Morgan fingerprint density at radius 2 is 1.88 bits per heavy atom. The zero-order valence-corrected chi connectivity index (χ0v) is 10.1. The standard InChI is InChI=1S/C14H16N2O/c1-16(17-2)11-12-7-3-4-8-13(12)14-9-5-6-10-15-14/h3-10H,11H2,1-2H3. The Kier molecular flexibility index (Phi) is 3.85. The van der Waals surface area contributed by atoms with Crippen LogP contribution in [0.4, 0.5) is 0 Å². The first-order chi connectivity index (χ1) is 8.31. The van der Waals surface area contributed by atoms with Crippen molar-refractivity contribution in [2.24, 2.45) is 0 Å². The summed E-state index contributed by atoms with van der Waals surface area (Å²) >= 11 is 0. The van der Waals surface area contributed by atoms with Crippen molar-refractivity contribution < 1.29 is 4.84 Å². The van der Waals surface area contributed by atoms with E-state index in [9.17, 15) is 0 Å². The van der Waals surface area contributed by atoms with E-state index < -0.39 is 0 Å². The number of hydroxylamine groups is 2. The molecule has 0 aliphatic carbocycles. The van der Waals surface area contributed by atoms with Gasteiger partial charge in [0, 0.05) is 25.4 Å². The Hall–Kier alpha value is -1.71. The second kappa shape index (κ2) is 5.57. The van der Waals surface area contributed by atoms with Crippen LogP contribution >= 0.6 is 0 Å². The van der Waals surface area contributed by atoms with E-state index in [1.165, 1.54) is 5.56 Å². The van der Waals surface area contributed by atoms with E-state index in [0.717, 1.165) is 17.8 Å². The number of pyridine rings is 1. The van der Waals surface area contributed by atoms with Gasteiger partial charge in [-0.25, -0.2) is 0 Å². The third-order valence-corrected chi connectivity index (χ3v) is 2.66. The summed E-state index contributed by atoms with van der Waals surface area (Å²) in [6.45, 7) is 0.739. The van der Waals surface area contributed by atoms with Crippen molar-refractivity contribution in [1.29, 1.82) is 0 Å². The maximum Gasteiger partial charge on any atom is 0.0705 e. The number of rotatable bonds is 4. The fourth-order valence-corrected chi connectivity index (χ4v) is 1.73. The molecule has 1 aromatic carbocycles. The molecule has 3 nitrogen and oxygen atoms in total. The fraction of sp³-hybridized carbons (Fsp3) is 0.214. The highest BCUT2D eigenvalue weighted by atomic mass is 16.7. The molecule has 0 saturated carbocycles. The highest BCUT2D eigenvalue weighted by Gasteiger charge is 2.07. The van der Waals surface area contributed by atoms with Crippen LogP contribution in [0.3, 0.4) is 0 Å². The van der Waals surface area contributed by atoms with Crippen LogP contribution in [0.1, 0.15) is 5.56 Å². The van der Waals surface area contributed by atoms with E-state index in [1.807, 2.05) is 43.6 Å². The molecule has 0 saturated heterocycles. The van der Waals surface area contributed by atoms with Gasteiger partial charge in [-0.05, 0) is 17.7 Å². The van der Waals surface area contributed by atoms with Crippen LogP contribution < -0.4 is 0 Å². The molecular formula is C14H16N2O. The minimum absolute atomic E-state index is 0.739. The Labute approximate surface area is 102 Å². The Morgan fingerprint density at radius 1 is 1.12 bits per heavy atom. The summed E-state index contributed by atoms with van der Waals surface area (Å²) in [5, 5.41) is 1.79. The van der Waals surface area contributed by atoms with Crippen LogP contribution in [0.2, 0.25) is 0 Å². The number of hydrogen-bond donors (Lipinski definition) is 0. The van der Waals surface area contributed by atoms with E-state index in [1.54, 1.807) is 12.2 Å². The molecule has 0 unspecified atom stereocenters. The predicted molar refractivity (Wildman–Crippen MR) is 68.1 cm³/mol. The number of hydrogen-bond acceptors (Lipinski definition) is 3. The van der Waals surface area contributed by atoms with Crippen molar-refractivity contribution in [2.45, 2.75) is 6.54 Å². The fourth-order valence-electron chi connectivity index (χ4n) is 1.73. The van der Waals surface area contributed by atoms with Crippen LogP contribution in [0.5, 0.6) is 0 Å². The van der Waals surface area contributed by atoms with E-state index >= 15 is 0 Å². The smallest absolute Gasteiger partial charge is 0.0705 e. The summed E-state index contributed by atoms with van der Waals surface area (Å²) in [5.41, 5.74) is 3.35. The van der Waals surface area contributed by atoms with Gasteiger partial charge in [0.1, 0.15) is 0 Å². The topological polar surface area (TPSA) is 25.4 Å². The van der Waals surface area contributed by atoms with E-state index in [0.29, 0.717) is 0 Å². The molecule has 17 heavy (non-hydrogen) atoms. The molecule has 2 rings (SSSR count). The highest BCUT2D eigenvalue weighted by molar-refractivity contribution is 5.63. The normalized spacial score (nSPS) is 10.8. The second-order valence-electron chi connectivity index (χ2n) is 3.84. The van der Waals surface area contributed by atoms with Gasteiger partial charge < -0.3 is 4.84 Å². The van der Waals surface area contributed by atoms with Crippen LogP contribution in [-0.2, 0) is 11.4 Å². The monoisotopic (exact) mass is 228 g/mol. The summed E-state index contributed by atoms with van der Waals surface area (Å²) in [5.74, 6) is 0. The number of benzene rings is 1. The summed E-state index contributed by atoms with van der Waals surface area (Å²) < 4.78 is 0. The molecule has 0 amide bonds. The molecule has 88 valence electrons. The minimum Gasteiger partial charge on any atom is -0.302 e. The van der Waals surface area contributed by atoms with Gasteiger partial charge in [-0.1, -0.05) is 30.3 Å². The van der Waals surface area contributed by atoms with Gasteiger partial charge in [0.05, 0.1) is 12.8 Å². The molecule has 2 aromatic rings. The highest BCUT2D eigenvalue weighted by Crippen LogP contribution is 2.22. The summed E-state index contributed by atoms with van der Waals surface area (Å²) in [4.78, 5) is 9.54. The van der Waals surface area contributed by atoms with Gasteiger partial charge in [0.25, 0.3) is 0 Å². The second-order valence-corrected chi connectivity index (χ2v) is 3.84. The third-order valence-electron chi connectivity index (χ3n) is 2.66. The van der Waals surface area contributed by atoms with Gasteiger partial charge in [0.15, 0.2) is 0 Å². The quantitative estimate of drug-likeness (QED) is 0.752. The largest absolute Gasteiger partial charge is 0.302 e. The van der Waals surface area contributed by atoms with E-state index in [-0.39, 0.29) is 0 Å². The lowest BCUT2D eigenvalue weighted by molar-refractivity contribution is -0.116. The van der Waals surface area contributed by atoms with E-state index in [4.69, 9.17) is 4.84 Å². The average molecular weight is 228 g/mol. The molecule has 0 fully saturated rings. The first-order valence-electron chi connectivity index (χ1n) is 5.56. The molecule has 0 spiro atoms. The molecule has 0 bridgehead atoms. The molecule has 0 atom stereocenters. The predicted octanol–water partition coefficient (Wildman–Crippen LogP) is 2.74.